The number of hydrogen-bond acceptors (Lipinski definition) is 4. The maximum absolute atomic E-state index is 13.3. The van der Waals surface area contributed by atoms with Gasteiger partial charge in [-0.1, -0.05) is 18.2 Å². The highest BCUT2D eigenvalue weighted by Gasteiger charge is 2.55. The van der Waals surface area contributed by atoms with Crippen LogP contribution in [0.25, 0.3) is 0 Å². The monoisotopic (exact) mass is 392 g/mol. The number of hydrogen-bond donors (Lipinski definition) is 1. The van der Waals surface area contributed by atoms with Crippen molar-refractivity contribution in [1.82, 2.24) is 10.2 Å². The fourth-order valence-electron chi connectivity index (χ4n) is 4.25. The summed E-state index contributed by atoms with van der Waals surface area (Å²) in [6, 6.07) is 8.50. The number of ether oxygens (including phenoxy) is 1. The number of urea groups is 1. The maximum atomic E-state index is 13.3. The lowest BCUT2D eigenvalue weighted by atomic mass is 9.84. The van der Waals surface area contributed by atoms with Crippen LogP contribution >= 0.6 is 0 Å². The minimum atomic E-state index is -1.17. The average molecular weight is 392 g/mol. The zero-order valence-electron chi connectivity index (χ0n) is 17.1. The van der Waals surface area contributed by atoms with Crippen molar-refractivity contribution in [2.45, 2.75) is 39.7 Å². The average Bonchev–Trinajstić information content (AvgIpc) is 2.94. The molecular weight excluding hydrogens is 368 g/mol. The Hall–Kier alpha value is -3.15. The van der Waals surface area contributed by atoms with E-state index < -0.39 is 17.5 Å². The van der Waals surface area contributed by atoms with E-state index in [0.717, 1.165) is 27.2 Å². The lowest BCUT2D eigenvalue weighted by Gasteiger charge is -2.33. The van der Waals surface area contributed by atoms with Crippen molar-refractivity contribution in [3.8, 4) is 5.75 Å². The van der Waals surface area contributed by atoms with E-state index >= 15 is 0 Å². The fraction of sp³-hybridized carbons (Fsp3) is 0.348. The Balaban J connectivity index is 1.66. The summed E-state index contributed by atoms with van der Waals surface area (Å²) >= 11 is 0. The minimum absolute atomic E-state index is 0.241. The van der Waals surface area contributed by atoms with Crippen LogP contribution in [0.15, 0.2) is 30.3 Å². The van der Waals surface area contributed by atoms with E-state index in [-0.39, 0.29) is 12.3 Å². The number of rotatable bonds is 3. The molecule has 1 saturated heterocycles. The highest BCUT2D eigenvalue weighted by atomic mass is 16.5. The quantitative estimate of drug-likeness (QED) is 0.642. The van der Waals surface area contributed by atoms with Gasteiger partial charge in [0.05, 0.1) is 13.2 Å². The number of aryl methyl sites for hydroxylation is 1. The topological polar surface area (TPSA) is 75.7 Å². The first kappa shape index (κ1) is 19.2. The van der Waals surface area contributed by atoms with Gasteiger partial charge in [-0.3, -0.25) is 14.5 Å². The van der Waals surface area contributed by atoms with Gasteiger partial charge in [-0.25, -0.2) is 4.79 Å². The van der Waals surface area contributed by atoms with Crippen LogP contribution in [0.5, 0.6) is 5.75 Å². The smallest absolute Gasteiger partial charge is 0.325 e. The van der Waals surface area contributed by atoms with E-state index in [4.69, 9.17) is 4.74 Å². The number of nitrogens with zero attached hydrogens (tertiary/aromatic N) is 1. The third-order valence-electron chi connectivity index (χ3n) is 6.34. The number of imide groups is 1. The molecule has 1 unspecified atom stereocenters. The number of fused-ring (bicyclic) bond motifs is 2. The van der Waals surface area contributed by atoms with Gasteiger partial charge in [-0.15, -0.1) is 0 Å². The largest absolute Gasteiger partial charge is 0.493 e. The van der Waals surface area contributed by atoms with E-state index in [1.54, 1.807) is 12.1 Å². The molecule has 2 aliphatic heterocycles. The van der Waals surface area contributed by atoms with Gasteiger partial charge in [0.15, 0.2) is 11.3 Å². The summed E-state index contributed by atoms with van der Waals surface area (Å²) in [6.45, 7) is 7.90. The third-order valence-corrected chi connectivity index (χ3v) is 6.34. The van der Waals surface area contributed by atoms with E-state index in [0.29, 0.717) is 29.9 Å². The standard InChI is InChI=1S/C23H24N2O4/c1-13-11-17(16(4)15(3)14(13)2)19(26)12-25-21(27)23(24-22(25)28)9-10-29-20-8-6-5-7-18(20)23/h5-8,11H,9-10,12H2,1-4H3,(H,24,28). The van der Waals surface area contributed by atoms with Crippen LogP contribution in [0.4, 0.5) is 4.79 Å². The van der Waals surface area contributed by atoms with Crippen LogP contribution in [0.2, 0.25) is 0 Å². The second-order valence-electron chi connectivity index (χ2n) is 7.86. The SMILES string of the molecule is Cc1cc(C(=O)CN2C(=O)NC3(CCOc4ccccc43)C2=O)c(C)c(C)c1C. The summed E-state index contributed by atoms with van der Waals surface area (Å²) in [4.78, 5) is 40.1. The van der Waals surface area contributed by atoms with Crippen LogP contribution < -0.4 is 10.1 Å². The summed E-state index contributed by atoms with van der Waals surface area (Å²) < 4.78 is 5.64. The van der Waals surface area contributed by atoms with Crippen molar-refractivity contribution < 1.29 is 19.1 Å². The number of carbonyl (C=O) groups excluding carboxylic acids is 3. The molecule has 6 heteroatoms. The van der Waals surface area contributed by atoms with Crippen LogP contribution in [0, 0.1) is 27.7 Å². The first-order valence-electron chi connectivity index (χ1n) is 9.73. The molecule has 2 aromatic rings. The molecule has 1 fully saturated rings. The Bertz CT molecular complexity index is 1060. The Morgan fingerprint density at radius 3 is 2.59 bits per heavy atom. The number of amides is 3. The van der Waals surface area contributed by atoms with Gasteiger partial charge in [0.25, 0.3) is 5.91 Å². The molecule has 1 N–H and O–H groups in total. The molecule has 0 aromatic heterocycles. The highest BCUT2D eigenvalue weighted by Crippen LogP contribution is 2.41. The zero-order valence-corrected chi connectivity index (χ0v) is 17.1. The summed E-state index contributed by atoms with van der Waals surface area (Å²) in [5, 5.41) is 2.83. The molecule has 0 aliphatic carbocycles. The number of benzene rings is 2. The van der Waals surface area contributed by atoms with Crippen LogP contribution in [-0.4, -0.2) is 35.8 Å². The summed E-state index contributed by atoms with van der Waals surface area (Å²) in [7, 11) is 0. The van der Waals surface area contributed by atoms with Crippen LogP contribution in [0.3, 0.4) is 0 Å². The van der Waals surface area contributed by atoms with E-state index in [1.807, 2.05) is 45.9 Å². The number of Topliss-reactive ketones (excluding diaryl/α,β-unsaturated/α-hetero) is 1. The second kappa shape index (κ2) is 6.72. The molecule has 4 rings (SSSR count). The molecule has 1 spiro atoms. The summed E-state index contributed by atoms with van der Waals surface area (Å²) in [5.74, 6) is -0.0550. The zero-order chi connectivity index (χ0) is 20.9. The molecule has 6 nitrogen and oxygen atoms in total. The Kier molecular flexibility index (Phi) is 4.45. The lowest BCUT2D eigenvalue weighted by Crippen LogP contribution is -2.47. The summed E-state index contributed by atoms with van der Waals surface area (Å²) in [5.41, 5.74) is 4.13. The van der Waals surface area contributed by atoms with Gasteiger partial charge in [0, 0.05) is 17.5 Å². The van der Waals surface area contributed by atoms with Gasteiger partial charge in [-0.2, -0.15) is 0 Å². The molecular formula is C23H24N2O4. The Morgan fingerprint density at radius 2 is 1.83 bits per heavy atom. The lowest BCUT2D eigenvalue weighted by molar-refractivity contribution is -0.132. The van der Waals surface area contributed by atoms with Gasteiger partial charge in [0.2, 0.25) is 0 Å². The van der Waals surface area contributed by atoms with Crippen LogP contribution in [-0.2, 0) is 10.3 Å². The predicted octanol–water partition coefficient (Wildman–Crippen LogP) is 3.33. The van der Waals surface area contributed by atoms with E-state index in [9.17, 15) is 14.4 Å². The Labute approximate surface area is 169 Å². The van der Waals surface area contributed by atoms with Crippen molar-refractivity contribution in [1.29, 1.82) is 0 Å². The number of para-hydroxylation sites is 1. The molecule has 0 bridgehead atoms. The van der Waals surface area contributed by atoms with Gasteiger partial charge in [-0.05, 0) is 62.1 Å². The highest BCUT2D eigenvalue weighted by molar-refractivity contribution is 6.12. The van der Waals surface area contributed by atoms with Crippen molar-refractivity contribution in [2.75, 3.05) is 13.2 Å². The summed E-state index contributed by atoms with van der Waals surface area (Å²) in [6.07, 6.45) is 0.334. The molecule has 29 heavy (non-hydrogen) atoms. The van der Waals surface area contributed by atoms with Crippen molar-refractivity contribution in [3.05, 3.63) is 63.7 Å². The van der Waals surface area contributed by atoms with E-state index in [2.05, 4.69) is 5.32 Å². The van der Waals surface area contributed by atoms with Gasteiger partial charge in [0.1, 0.15) is 5.75 Å². The molecule has 150 valence electrons. The third kappa shape index (κ3) is 2.82. The van der Waals surface area contributed by atoms with Crippen molar-refractivity contribution >= 4 is 17.7 Å². The van der Waals surface area contributed by atoms with E-state index in [1.165, 1.54) is 0 Å². The number of nitrogens with one attached hydrogen (secondary N) is 1. The van der Waals surface area contributed by atoms with Crippen molar-refractivity contribution in [3.63, 3.8) is 0 Å². The Morgan fingerprint density at radius 1 is 1.10 bits per heavy atom. The van der Waals surface area contributed by atoms with Gasteiger partial charge >= 0.3 is 6.03 Å². The number of carbonyl (C=O) groups is 3. The van der Waals surface area contributed by atoms with Gasteiger partial charge < -0.3 is 10.1 Å². The predicted molar refractivity (Wildman–Crippen MR) is 108 cm³/mol. The van der Waals surface area contributed by atoms with Crippen molar-refractivity contribution in [2.24, 2.45) is 0 Å². The minimum Gasteiger partial charge on any atom is -0.493 e. The first-order chi connectivity index (χ1) is 13.8. The number of ketones is 1. The van der Waals surface area contributed by atoms with Crippen LogP contribution in [0.1, 0.15) is 44.6 Å². The molecule has 0 saturated carbocycles. The molecule has 0 radical (unpaired) electrons. The molecule has 2 heterocycles. The normalized spacial score (nSPS) is 20.5. The molecule has 3 amide bonds. The maximum Gasteiger partial charge on any atom is 0.325 e. The fourth-order valence-corrected chi connectivity index (χ4v) is 4.25. The second-order valence-corrected chi connectivity index (χ2v) is 7.86. The molecule has 2 aliphatic rings. The first-order valence-corrected chi connectivity index (χ1v) is 9.73. The molecule has 2 aromatic carbocycles. The molecule has 1 atom stereocenters.